The number of urea groups is 1. The molecule has 0 bridgehead atoms. The third-order valence-electron chi connectivity index (χ3n) is 4.34. The number of aliphatic carboxylic acids is 1. The number of nitrogens with zero attached hydrogens (tertiary/aromatic N) is 3. The zero-order valence-corrected chi connectivity index (χ0v) is 12.8. The molecule has 120 valence electrons. The highest BCUT2D eigenvalue weighted by Gasteiger charge is 2.24. The molecule has 2 aliphatic heterocycles. The second kappa shape index (κ2) is 8.22. The summed E-state index contributed by atoms with van der Waals surface area (Å²) in [6.45, 7) is 4.62. The largest absolute Gasteiger partial charge is 0.480 e. The maximum absolute atomic E-state index is 12.6. The Bertz CT molecular complexity index is 354. The Balaban J connectivity index is 1.85. The van der Waals surface area contributed by atoms with Crippen LogP contribution in [-0.2, 0) is 4.79 Å². The van der Waals surface area contributed by atoms with Crippen LogP contribution in [0.2, 0.25) is 0 Å². The Hall–Kier alpha value is -1.30. The van der Waals surface area contributed by atoms with Gasteiger partial charge in [0.15, 0.2) is 0 Å². The summed E-state index contributed by atoms with van der Waals surface area (Å²) in [6.07, 6.45) is 6.78. The lowest BCUT2D eigenvalue weighted by molar-refractivity contribution is -0.138. The minimum Gasteiger partial charge on any atom is -0.480 e. The summed E-state index contributed by atoms with van der Waals surface area (Å²) in [5.41, 5.74) is 0. The molecule has 21 heavy (non-hydrogen) atoms. The Morgan fingerprint density at radius 1 is 0.714 bits per heavy atom. The Labute approximate surface area is 126 Å². The third-order valence-corrected chi connectivity index (χ3v) is 4.34. The van der Waals surface area contributed by atoms with Gasteiger partial charge in [0.25, 0.3) is 0 Å². The first-order chi connectivity index (χ1) is 10.2. The van der Waals surface area contributed by atoms with Gasteiger partial charge in [-0.05, 0) is 19.3 Å². The van der Waals surface area contributed by atoms with E-state index >= 15 is 0 Å². The van der Waals surface area contributed by atoms with Gasteiger partial charge in [0.1, 0.15) is 0 Å². The molecule has 6 heteroatoms. The van der Waals surface area contributed by atoms with Crippen molar-refractivity contribution in [2.45, 2.75) is 38.5 Å². The van der Waals surface area contributed by atoms with Gasteiger partial charge in [-0.1, -0.05) is 19.3 Å². The van der Waals surface area contributed by atoms with Crippen LogP contribution < -0.4 is 0 Å². The highest BCUT2D eigenvalue weighted by molar-refractivity contribution is 5.74. The Morgan fingerprint density at radius 3 is 1.95 bits per heavy atom. The van der Waals surface area contributed by atoms with Crippen molar-refractivity contribution in [3.63, 3.8) is 0 Å². The Kier molecular flexibility index (Phi) is 6.29. The van der Waals surface area contributed by atoms with Gasteiger partial charge in [-0.25, -0.2) is 4.79 Å². The fourth-order valence-corrected chi connectivity index (χ4v) is 3.15. The molecule has 2 heterocycles. The van der Waals surface area contributed by atoms with E-state index in [4.69, 9.17) is 5.11 Å². The van der Waals surface area contributed by atoms with Gasteiger partial charge in [0.05, 0.1) is 6.54 Å². The Morgan fingerprint density at radius 2 is 1.29 bits per heavy atom. The summed E-state index contributed by atoms with van der Waals surface area (Å²) in [6, 6.07) is 0.147. The number of likely N-dealkylation sites (tertiary alicyclic amines) is 1. The molecule has 6 nitrogen and oxygen atoms in total. The van der Waals surface area contributed by atoms with Gasteiger partial charge in [0.2, 0.25) is 0 Å². The van der Waals surface area contributed by atoms with Crippen LogP contribution in [0.3, 0.4) is 0 Å². The van der Waals surface area contributed by atoms with Gasteiger partial charge in [-0.15, -0.1) is 0 Å². The normalized spacial score (nSPS) is 22.3. The number of hydrogen-bond donors (Lipinski definition) is 1. The standard InChI is InChI=1S/C15H27N3O3/c19-14(20)13-16-7-6-10-18(12-11-16)15(21)17-8-4-2-1-3-5-9-17/h1-13H2,(H,19,20). The van der Waals surface area contributed by atoms with E-state index in [1.54, 1.807) is 0 Å². The highest BCUT2D eigenvalue weighted by Crippen LogP contribution is 2.13. The number of hydrogen-bond acceptors (Lipinski definition) is 3. The number of carboxylic acids is 1. The van der Waals surface area contributed by atoms with E-state index in [1.165, 1.54) is 19.3 Å². The van der Waals surface area contributed by atoms with E-state index in [2.05, 4.69) is 0 Å². The molecule has 0 aromatic heterocycles. The molecule has 0 radical (unpaired) electrons. The molecule has 2 saturated heterocycles. The molecular weight excluding hydrogens is 270 g/mol. The molecule has 0 unspecified atom stereocenters. The lowest BCUT2D eigenvalue weighted by Crippen LogP contribution is -2.46. The second-order valence-corrected chi connectivity index (χ2v) is 6.05. The number of carbonyl (C=O) groups is 2. The first-order valence-electron chi connectivity index (χ1n) is 8.15. The first-order valence-corrected chi connectivity index (χ1v) is 8.15. The van der Waals surface area contributed by atoms with Crippen molar-refractivity contribution in [1.82, 2.24) is 14.7 Å². The average molecular weight is 297 g/mol. The van der Waals surface area contributed by atoms with Crippen LogP contribution in [0, 0.1) is 0 Å². The molecule has 0 saturated carbocycles. The SMILES string of the molecule is O=C(O)CN1CCCN(C(=O)N2CCCCCCC2)CC1. The maximum Gasteiger partial charge on any atom is 0.320 e. The van der Waals surface area contributed by atoms with Crippen molar-refractivity contribution < 1.29 is 14.7 Å². The van der Waals surface area contributed by atoms with Crippen LogP contribution in [0.1, 0.15) is 38.5 Å². The minimum absolute atomic E-state index is 0.0751. The summed E-state index contributed by atoms with van der Waals surface area (Å²) >= 11 is 0. The zero-order chi connectivity index (χ0) is 15.1. The molecular formula is C15H27N3O3. The lowest BCUT2D eigenvalue weighted by atomic mass is 10.1. The molecule has 2 rings (SSSR count). The predicted molar refractivity (Wildman–Crippen MR) is 80.3 cm³/mol. The summed E-state index contributed by atoms with van der Waals surface area (Å²) in [5, 5.41) is 8.86. The van der Waals surface area contributed by atoms with Crippen molar-refractivity contribution in [3.8, 4) is 0 Å². The summed E-state index contributed by atoms with van der Waals surface area (Å²) in [7, 11) is 0. The highest BCUT2D eigenvalue weighted by atomic mass is 16.4. The van der Waals surface area contributed by atoms with Crippen LogP contribution in [-0.4, -0.2) is 77.6 Å². The van der Waals surface area contributed by atoms with Gasteiger partial charge in [-0.2, -0.15) is 0 Å². The average Bonchev–Trinajstić information content (AvgIpc) is 2.62. The van der Waals surface area contributed by atoms with Crippen LogP contribution in [0.15, 0.2) is 0 Å². The molecule has 2 fully saturated rings. The lowest BCUT2D eigenvalue weighted by Gasteiger charge is -2.31. The molecule has 2 aliphatic rings. The number of amides is 2. The van der Waals surface area contributed by atoms with E-state index < -0.39 is 5.97 Å². The number of rotatable bonds is 2. The topological polar surface area (TPSA) is 64.1 Å². The zero-order valence-electron chi connectivity index (χ0n) is 12.8. The third kappa shape index (κ3) is 5.19. The van der Waals surface area contributed by atoms with Gasteiger partial charge in [-0.3, -0.25) is 9.69 Å². The molecule has 0 spiro atoms. The van der Waals surface area contributed by atoms with E-state index in [-0.39, 0.29) is 12.6 Å². The van der Waals surface area contributed by atoms with Crippen LogP contribution in [0.4, 0.5) is 4.79 Å². The van der Waals surface area contributed by atoms with Crippen molar-refractivity contribution in [3.05, 3.63) is 0 Å². The molecule has 0 atom stereocenters. The minimum atomic E-state index is -0.793. The first kappa shape index (κ1) is 16.1. The van der Waals surface area contributed by atoms with Crippen LogP contribution in [0.25, 0.3) is 0 Å². The predicted octanol–water partition coefficient (Wildman–Crippen LogP) is 1.46. The maximum atomic E-state index is 12.6. The molecule has 0 aromatic carbocycles. The number of carboxylic acid groups (broad SMARTS) is 1. The van der Waals surface area contributed by atoms with E-state index in [1.807, 2.05) is 14.7 Å². The van der Waals surface area contributed by atoms with Crippen molar-refractivity contribution in [1.29, 1.82) is 0 Å². The molecule has 1 N–H and O–H groups in total. The van der Waals surface area contributed by atoms with Gasteiger partial charge >= 0.3 is 12.0 Å². The summed E-state index contributed by atoms with van der Waals surface area (Å²) < 4.78 is 0. The fourth-order valence-electron chi connectivity index (χ4n) is 3.15. The van der Waals surface area contributed by atoms with Crippen molar-refractivity contribution in [2.75, 3.05) is 45.8 Å². The summed E-state index contributed by atoms with van der Waals surface area (Å²) in [5.74, 6) is -0.793. The molecule has 2 amide bonds. The number of carbonyl (C=O) groups excluding carboxylic acids is 1. The monoisotopic (exact) mass is 297 g/mol. The quantitative estimate of drug-likeness (QED) is 0.838. The van der Waals surface area contributed by atoms with Crippen molar-refractivity contribution in [2.24, 2.45) is 0 Å². The van der Waals surface area contributed by atoms with Gasteiger partial charge in [0, 0.05) is 39.3 Å². The summed E-state index contributed by atoms with van der Waals surface area (Å²) in [4.78, 5) is 29.2. The van der Waals surface area contributed by atoms with Crippen LogP contribution >= 0.6 is 0 Å². The molecule has 0 aromatic rings. The fraction of sp³-hybridized carbons (Fsp3) is 0.867. The van der Waals surface area contributed by atoms with Crippen LogP contribution in [0.5, 0.6) is 0 Å². The second-order valence-electron chi connectivity index (χ2n) is 6.05. The van der Waals surface area contributed by atoms with Crippen molar-refractivity contribution >= 4 is 12.0 Å². The van der Waals surface area contributed by atoms with E-state index in [0.29, 0.717) is 13.1 Å². The smallest absolute Gasteiger partial charge is 0.320 e. The molecule has 0 aliphatic carbocycles. The van der Waals surface area contributed by atoms with E-state index in [0.717, 1.165) is 45.4 Å². The van der Waals surface area contributed by atoms with E-state index in [9.17, 15) is 9.59 Å². The van der Waals surface area contributed by atoms with Gasteiger partial charge < -0.3 is 14.9 Å².